The van der Waals surface area contributed by atoms with Gasteiger partial charge in [0.1, 0.15) is 0 Å². The van der Waals surface area contributed by atoms with Gasteiger partial charge in [-0.05, 0) is 20.8 Å². The standard InChI is InChI=1S/C9H12O2P.K/c1-4-11-9(10)8-7(3)6(2)5-12-8;/h5H,4H2,1-3H3;/q-1;+1. The molecule has 0 fully saturated rings. The van der Waals surface area contributed by atoms with Crippen LogP contribution in [-0.2, 0) is 4.74 Å². The summed E-state index contributed by atoms with van der Waals surface area (Å²) in [5.74, 6) is 1.85. The van der Waals surface area contributed by atoms with Gasteiger partial charge in [-0.3, -0.25) is 0 Å². The van der Waals surface area contributed by atoms with Crippen molar-refractivity contribution in [3.63, 3.8) is 0 Å². The van der Waals surface area contributed by atoms with Gasteiger partial charge in [-0.15, -0.1) is 0 Å². The fraction of sp³-hybridized carbons (Fsp3) is 0.444. The Balaban J connectivity index is 0.00000144. The van der Waals surface area contributed by atoms with Crippen LogP contribution in [0, 0.1) is 13.8 Å². The molecule has 1 aromatic rings. The minimum Gasteiger partial charge on any atom is -0.515 e. The third kappa shape index (κ3) is 3.50. The van der Waals surface area contributed by atoms with Crippen LogP contribution in [0.3, 0.4) is 0 Å². The maximum absolute atomic E-state index is 11.3. The topological polar surface area (TPSA) is 26.3 Å². The second kappa shape index (κ2) is 6.38. The minimum atomic E-state index is -0.176. The molecule has 13 heavy (non-hydrogen) atoms. The van der Waals surface area contributed by atoms with E-state index in [-0.39, 0.29) is 57.4 Å². The van der Waals surface area contributed by atoms with Gasteiger partial charge < -0.3 is 12.9 Å². The molecule has 4 heteroatoms. The molecule has 0 spiro atoms. The zero-order valence-electron chi connectivity index (χ0n) is 8.55. The molecule has 0 unspecified atom stereocenters. The van der Waals surface area contributed by atoms with Crippen molar-refractivity contribution in [2.75, 3.05) is 6.61 Å². The average molecular weight is 222 g/mol. The zero-order chi connectivity index (χ0) is 9.14. The predicted molar refractivity (Wildman–Crippen MR) is 50.0 cm³/mol. The summed E-state index contributed by atoms with van der Waals surface area (Å²) in [6.45, 7) is 6.23. The summed E-state index contributed by atoms with van der Waals surface area (Å²) in [5.41, 5.74) is 2.25. The molecule has 0 aliphatic heterocycles. The van der Waals surface area contributed by atoms with Crippen molar-refractivity contribution in [2.45, 2.75) is 20.8 Å². The number of esters is 1. The third-order valence-electron chi connectivity index (χ3n) is 1.80. The molecule has 1 aromatic heterocycles. The fourth-order valence-corrected chi connectivity index (χ4v) is 2.00. The van der Waals surface area contributed by atoms with Crippen molar-refractivity contribution in [2.24, 2.45) is 0 Å². The molecule has 1 heterocycles. The van der Waals surface area contributed by atoms with Crippen molar-refractivity contribution in [3.05, 3.63) is 22.2 Å². The van der Waals surface area contributed by atoms with Crippen LogP contribution < -0.4 is 51.4 Å². The molecule has 0 aromatic carbocycles. The van der Waals surface area contributed by atoms with E-state index in [4.69, 9.17) is 4.74 Å². The van der Waals surface area contributed by atoms with E-state index >= 15 is 0 Å². The monoisotopic (exact) mass is 222 g/mol. The molecule has 0 radical (unpaired) electrons. The molecular weight excluding hydrogens is 210 g/mol. The molecule has 0 amide bonds. The van der Waals surface area contributed by atoms with Crippen molar-refractivity contribution < 1.29 is 60.9 Å². The van der Waals surface area contributed by atoms with Crippen LogP contribution in [0.5, 0.6) is 0 Å². The van der Waals surface area contributed by atoms with Crippen LogP contribution in [0.2, 0.25) is 0 Å². The largest absolute Gasteiger partial charge is 1.00 e. The first kappa shape index (κ1) is 13.9. The number of carbonyl (C=O) groups is 1. The van der Waals surface area contributed by atoms with Crippen molar-refractivity contribution in [1.82, 2.24) is 0 Å². The van der Waals surface area contributed by atoms with E-state index in [2.05, 4.69) is 0 Å². The predicted octanol–water partition coefficient (Wildman–Crippen LogP) is -0.217. The summed E-state index contributed by atoms with van der Waals surface area (Å²) in [6, 6.07) is 0. The third-order valence-corrected chi connectivity index (χ3v) is 3.10. The second-order valence-corrected chi connectivity index (χ2v) is 3.60. The average Bonchev–Trinajstić information content (AvgIpc) is 2.34. The first-order valence-electron chi connectivity index (χ1n) is 3.92. The van der Waals surface area contributed by atoms with Gasteiger partial charge in [0, 0.05) is 0 Å². The van der Waals surface area contributed by atoms with E-state index in [1.165, 1.54) is 5.56 Å². The Morgan fingerprint density at radius 3 is 2.54 bits per heavy atom. The van der Waals surface area contributed by atoms with Crippen LogP contribution >= 0.6 is 8.19 Å². The SMILES string of the molecule is CCOC(=O)c1[p-]cc(C)c1C.[K+]. The van der Waals surface area contributed by atoms with Gasteiger partial charge in [0.25, 0.3) is 0 Å². The van der Waals surface area contributed by atoms with Gasteiger partial charge in [-0.1, -0.05) is 16.4 Å². The molecule has 0 N–H and O–H groups in total. The Labute approximate surface area is 123 Å². The summed E-state index contributed by atoms with van der Waals surface area (Å²) in [4.78, 5) is 11.3. The minimum absolute atomic E-state index is 0. The molecule has 2 nitrogen and oxygen atoms in total. The van der Waals surface area contributed by atoms with Crippen LogP contribution in [0.25, 0.3) is 0 Å². The Morgan fingerprint density at radius 2 is 2.15 bits per heavy atom. The van der Waals surface area contributed by atoms with Gasteiger partial charge in [-0.2, -0.15) is 0 Å². The van der Waals surface area contributed by atoms with Crippen LogP contribution in [0.4, 0.5) is 0 Å². The summed E-state index contributed by atoms with van der Waals surface area (Å²) < 4.78 is 4.91. The molecule has 0 saturated carbocycles. The molecule has 0 atom stereocenters. The maximum Gasteiger partial charge on any atom is 1.00 e. The Bertz CT molecular complexity index is 294. The molecule has 0 bridgehead atoms. The number of hydrogen-bond donors (Lipinski definition) is 0. The van der Waals surface area contributed by atoms with Gasteiger partial charge >= 0.3 is 57.4 Å². The van der Waals surface area contributed by atoms with Crippen molar-refractivity contribution in [3.8, 4) is 0 Å². The van der Waals surface area contributed by atoms with E-state index in [1.807, 2.05) is 26.6 Å². The summed E-state index contributed by atoms with van der Waals surface area (Å²) in [5, 5.41) is 0.786. The van der Waals surface area contributed by atoms with E-state index in [0.717, 1.165) is 19.1 Å². The van der Waals surface area contributed by atoms with Crippen molar-refractivity contribution in [1.29, 1.82) is 0 Å². The second-order valence-electron chi connectivity index (χ2n) is 2.64. The molecule has 0 saturated heterocycles. The quantitative estimate of drug-likeness (QED) is 0.511. The maximum atomic E-state index is 11.3. The normalized spacial score (nSPS) is 9.77. The Morgan fingerprint density at radius 1 is 1.54 bits per heavy atom. The van der Waals surface area contributed by atoms with Gasteiger partial charge in [0.15, 0.2) is 0 Å². The molecule has 1 rings (SSSR count). The smallest absolute Gasteiger partial charge is 0.515 e. The molecular formula is C9H12KO2P. The van der Waals surface area contributed by atoms with E-state index in [0.29, 0.717) is 6.61 Å². The number of rotatable bonds is 2. The van der Waals surface area contributed by atoms with E-state index in [1.54, 1.807) is 0 Å². The number of carbonyl (C=O) groups excluding carboxylic acids is 1. The zero-order valence-corrected chi connectivity index (χ0v) is 12.6. The summed E-state index contributed by atoms with van der Waals surface area (Å²) >= 11 is 0. The number of hydrogen-bond acceptors (Lipinski definition) is 2. The van der Waals surface area contributed by atoms with Crippen LogP contribution in [0.15, 0.2) is 5.80 Å². The van der Waals surface area contributed by atoms with Crippen molar-refractivity contribution >= 4 is 14.2 Å². The van der Waals surface area contributed by atoms with Gasteiger partial charge in [-0.25, -0.2) is 10.6 Å². The fourth-order valence-electron chi connectivity index (χ4n) is 0.947. The summed E-state index contributed by atoms with van der Waals surface area (Å²) in [7, 11) is 0.972. The van der Waals surface area contributed by atoms with Crippen LogP contribution in [-0.4, -0.2) is 12.6 Å². The van der Waals surface area contributed by atoms with E-state index < -0.39 is 0 Å². The van der Waals surface area contributed by atoms with E-state index in [9.17, 15) is 4.79 Å². The number of aryl methyl sites for hydroxylation is 1. The van der Waals surface area contributed by atoms with Gasteiger partial charge in [0.05, 0.1) is 6.61 Å². The first-order valence-corrected chi connectivity index (χ1v) is 4.89. The van der Waals surface area contributed by atoms with Gasteiger partial charge in [0.2, 0.25) is 0 Å². The number of ether oxygens (including phenoxy) is 1. The van der Waals surface area contributed by atoms with Crippen LogP contribution in [0.1, 0.15) is 28.1 Å². The summed E-state index contributed by atoms with van der Waals surface area (Å²) in [6.07, 6.45) is 0. The first-order chi connectivity index (χ1) is 5.66. The Kier molecular flexibility index (Phi) is 6.82. The Hall–Kier alpha value is 0.886. The molecule has 66 valence electrons. The molecule has 0 aliphatic carbocycles. The molecule has 0 aliphatic rings.